The Morgan fingerprint density at radius 2 is 2.05 bits per heavy atom. The number of nitrogens with one attached hydrogen (secondary N) is 2. The highest BCUT2D eigenvalue weighted by Crippen LogP contribution is 2.23. The van der Waals surface area contributed by atoms with Crippen LogP contribution in [0.25, 0.3) is 0 Å². The molecule has 0 radical (unpaired) electrons. The van der Waals surface area contributed by atoms with Crippen LogP contribution in [0.15, 0.2) is 42.5 Å². The maximum atomic E-state index is 13.0. The summed E-state index contributed by atoms with van der Waals surface area (Å²) < 4.78 is 13.0. The van der Waals surface area contributed by atoms with Crippen LogP contribution in [0, 0.1) is 12.7 Å². The zero-order valence-corrected chi connectivity index (χ0v) is 11.0. The van der Waals surface area contributed by atoms with Crippen molar-refractivity contribution in [2.75, 3.05) is 5.32 Å². The molecule has 104 valence electrons. The molecule has 0 spiro atoms. The minimum atomic E-state index is -0.464. The first-order valence-corrected chi connectivity index (χ1v) is 6.13. The Kier molecular flexibility index (Phi) is 4.20. The van der Waals surface area contributed by atoms with Crippen molar-refractivity contribution in [2.45, 2.75) is 13.5 Å². The van der Waals surface area contributed by atoms with Crippen molar-refractivity contribution >= 4 is 11.7 Å². The summed E-state index contributed by atoms with van der Waals surface area (Å²) in [5, 5.41) is 14.8. The summed E-state index contributed by atoms with van der Waals surface area (Å²) >= 11 is 0. The van der Waals surface area contributed by atoms with Gasteiger partial charge in [-0.3, -0.25) is 0 Å². The Hall–Kier alpha value is -2.56. The number of hydrogen-bond donors (Lipinski definition) is 3. The summed E-state index contributed by atoms with van der Waals surface area (Å²) in [4.78, 5) is 11.7. The fourth-order valence-corrected chi connectivity index (χ4v) is 1.74. The molecular formula is C15H15FN2O2. The van der Waals surface area contributed by atoms with E-state index in [1.165, 1.54) is 12.1 Å². The second-order valence-corrected chi connectivity index (χ2v) is 4.46. The van der Waals surface area contributed by atoms with E-state index in [0.717, 1.165) is 5.56 Å². The molecular weight excluding hydrogens is 259 g/mol. The molecule has 2 amide bonds. The van der Waals surface area contributed by atoms with E-state index in [4.69, 9.17) is 0 Å². The second kappa shape index (κ2) is 6.06. The lowest BCUT2D eigenvalue weighted by Crippen LogP contribution is -2.28. The topological polar surface area (TPSA) is 61.4 Å². The van der Waals surface area contributed by atoms with E-state index in [1.807, 2.05) is 6.92 Å². The molecule has 0 saturated carbocycles. The van der Waals surface area contributed by atoms with E-state index in [-0.39, 0.29) is 18.1 Å². The van der Waals surface area contributed by atoms with Gasteiger partial charge in [-0.1, -0.05) is 18.2 Å². The Balaban J connectivity index is 1.92. The number of phenolic OH excluding ortho intramolecular Hbond substituents is 1. The number of halogens is 1. The summed E-state index contributed by atoms with van der Waals surface area (Å²) in [5.41, 5.74) is 1.88. The van der Waals surface area contributed by atoms with Gasteiger partial charge in [0.15, 0.2) is 0 Å². The van der Waals surface area contributed by atoms with Gasteiger partial charge in [0.25, 0.3) is 0 Å². The lowest BCUT2D eigenvalue weighted by atomic mass is 10.2. The van der Waals surface area contributed by atoms with Gasteiger partial charge in [-0.25, -0.2) is 9.18 Å². The Morgan fingerprint density at radius 3 is 2.75 bits per heavy atom. The molecule has 0 heterocycles. The summed E-state index contributed by atoms with van der Waals surface area (Å²) in [6, 6.07) is 10.5. The van der Waals surface area contributed by atoms with E-state index < -0.39 is 6.03 Å². The molecule has 2 aromatic carbocycles. The van der Waals surface area contributed by atoms with Crippen molar-refractivity contribution in [3.63, 3.8) is 0 Å². The number of aromatic hydroxyl groups is 1. The van der Waals surface area contributed by atoms with Crippen molar-refractivity contribution in [1.29, 1.82) is 0 Å². The molecule has 0 saturated heterocycles. The van der Waals surface area contributed by atoms with Gasteiger partial charge >= 0.3 is 6.03 Å². The zero-order chi connectivity index (χ0) is 14.5. The predicted octanol–water partition coefficient (Wildman–Crippen LogP) is 3.16. The fourth-order valence-electron chi connectivity index (χ4n) is 1.74. The fraction of sp³-hybridized carbons (Fsp3) is 0.133. The van der Waals surface area contributed by atoms with Crippen molar-refractivity contribution in [3.05, 3.63) is 59.4 Å². The van der Waals surface area contributed by atoms with E-state index >= 15 is 0 Å². The molecule has 5 heteroatoms. The van der Waals surface area contributed by atoms with E-state index in [0.29, 0.717) is 11.3 Å². The molecule has 0 unspecified atom stereocenters. The Morgan fingerprint density at radius 1 is 1.25 bits per heavy atom. The van der Waals surface area contributed by atoms with Crippen molar-refractivity contribution < 1.29 is 14.3 Å². The molecule has 2 aromatic rings. The molecule has 3 N–H and O–H groups in total. The van der Waals surface area contributed by atoms with Crippen LogP contribution >= 0.6 is 0 Å². The molecule has 0 aliphatic heterocycles. The first-order chi connectivity index (χ1) is 9.54. The normalized spacial score (nSPS) is 10.1. The third kappa shape index (κ3) is 3.71. The van der Waals surface area contributed by atoms with E-state index in [2.05, 4.69) is 10.6 Å². The second-order valence-electron chi connectivity index (χ2n) is 4.46. The van der Waals surface area contributed by atoms with Crippen LogP contribution < -0.4 is 10.6 Å². The molecule has 2 rings (SSSR count). The molecule has 0 aliphatic rings. The molecule has 0 bridgehead atoms. The first-order valence-electron chi connectivity index (χ1n) is 6.13. The number of rotatable bonds is 3. The molecule has 0 fully saturated rings. The third-order valence-corrected chi connectivity index (χ3v) is 2.74. The van der Waals surface area contributed by atoms with Gasteiger partial charge in [0.1, 0.15) is 11.6 Å². The lowest BCUT2D eigenvalue weighted by Gasteiger charge is -2.09. The van der Waals surface area contributed by atoms with Crippen molar-refractivity contribution in [1.82, 2.24) is 5.32 Å². The van der Waals surface area contributed by atoms with Crippen LogP contribution in [0.3, 0.4) is 0 Å². The molecule has 0 aromatic heterocycles. The average molecular weight is 274 g/mol. The highest BCUT2D eigenvalue weighted by atomic mass is 19.1. The SMILES string of the molecule is Cc1ccc(NC(=O)NCc2cccc(F)c2)c(O)c1. The summed E-state index contributed by atoms with van der Waals surface area (Å²) in [6.45, 7) is 2.05. The quantitative estimate of drug-likeness (QED) is 0.753. The minimum absolute atomic E-state index is 0.00547. The number of carbonyl (C=O) groups is 1. The van der Waals surface area contributed by atoms with Crippen molar-refractivity contribution in [3.8, 4) is 5.75 Å². The average Bonchev–Trinajstić information content (AvgIpc) is 2.40. The highest BCUT2D eigenvalue weighted by Gasteiger charge is 2.06. The van der Waals surface area contributed by atoms with Crippen LogP contribution in [-0.2, 0) is 6.54 Å². The lowest BCUT2D eigenvalue weighted by molar-refractivity contribution is 0.251. The maximum Gasteiger partial charge on any atom is 0.319 e. The van der Waals surface area contributed by atoms with Crippen LogP contribution in [0.4, 0.5) is 14.9 Å². The smallest absolute Gasteiger partial charge is 0.319 e. The molecule has 20 heavy (non-hydrogen) atoms. The Labute approximate surface area is 116 Å². The third-order valence-electron chi connectivity index (χ3n) is 2.74. The highest BCUT2D eigenvalue weighted by molar-refractivity contribution is 5.90. The van der Waals surface area contributed by atoms with Crippen molar-refractivity contribution in [2.24, 2.45) is 0 Å². The van der Waals surface area contributed by atoms with Gasteiger partial charge < -0.3 is 15.7 Å². The largest absolute Gasteiger partial charge is 0.506 e. The van der Waals surface area contributed by atoms with E-state index in [1.54, 1.807) is 30.3 Å². The standard InChI is InChI=1S/C15H15FN2O2/c1-10-5-6-13(14(19)7-10)18-15(20)17-9-11-3-2-4-12(16)8-11/h2-8,19H,9H2,1H3,(H2,17,18,20). The summed E-state index contributed by atoms with van der Waals surface area (Å²) in [7, 11) is 0. The van der Waals surface area contributed by atoms with Gasteiger partial charge in [0.05, 0.1) is 5.69 Å². The number of carbonyl (C=O) groups excluding carboxylic acids is 1. The number of amides is 2. The van der Waals surface area contributed by atoms with Gasteiger partial charge in [-0.2, -0.15) is 0 Å². The number of anilines is 1. The molecule has 0 aliphatic carbocycles. The minimum Gasteiger partial charge on any atom is -0.506 e. The monoisotopic (exact) mass is 274 g/mol. The first kappa shape index (κ1) is 13.9. The maximum absolute atomic E-state index is 13.0. The summed E-state index contributed by atoms with van der Waals surface area (Å²) in [5.74, 6) is -0.341. The number of urea groups is 1. The van der Waals surface area contributed by atoms with Gasteiger partial charge in [-0.15, -0.1) is 0 Å². The summed E-state index contributed by atoms with van der Waals surface area (Å²) in [6.07, 6.45) is 0. The van der Waals surface area contributed by atoms with Crippen LogP contribution in [0.2, 0.25) is 0 Å². The van der Waals surface area contributed by atoms with Gasteiger partial charge in [-0.05, 0) is 42.3 Å². The number of phenols is 1. The molecule has 4 nitrogen and oxygen atoms in total. The number of aryl methyl sites for hydroxylation is 1. The van der Waals surface area contributed by atoms with Crippen LogP contribution in [0.5, 0.6) is 5.75 Å². The van der Waals surface area contributed by atoms with Gasteiger partial charge in [0.2, 0.25) is 0 Å². The Bertz CT molecular complexity index is 629. The number of benzene rings is 2. The number of hydrogen-bond acceptors (Lipinski definition) is 2. The van der Waals surface area contributed by atoms with Gasteiger partial charge in [0, 0.05) is 6.54 Å². The van der Waals surface area contributed by atoms with E-state index in [9.17, 15) is 14.3 Å². The zero-order valence-electron chi connectivity index (χ0n) is 11.0. The van der Waals surface area contributed by atoms with Crippen LogP contribution in [0.1, 0.15) is 11.1 Å². The predicted molar refractivity (Wildman–Crippen MR) is 75.1 cm³/mol. The van der Waals surface area contributed by atoms with Crippen LogP contribution in [-0.4, -0.2) is 11.1 Å². The molecule has 0 atom stereocenters.